The van der Waals surface area contributed by atoms with E-state index in [0.717, 1.165) is 18.2 Å². The van der Waals surface area contributed by atoms with Gasteiger partial charge in [0.1, 0.15) is 5.75 Å². The Morgan fingerprint density at radius 1 is 0.872 bits per heavy atom. The van der Waals surface area contributed by atoms with E-state index in [1.54, 1.807) is 30.3 Å². The second-order valence-electron chi connectivity index (χ2n) is 8.59. The van der Waals surface area contributed by atoms with E-state index >= 15 is 4.39 Å². The molecule has 0 heterocycles. The molecule has 0 saturated carbocycles. The number of carbonyl (C=O) groups is 1. The van der Waals surface area contributed by atoms with Crippen molar-refractivity contribution in [3.8, 4) is 33.8 Å². The summed E-state index contributed by atoms with van der Waals surface area (Å²) in [6.45, 7) is 2.70. The fraction of sp³-hybridized carbons (Fsp3) is 0.138. The Balaban J connectivity index is 1.95. The summed E-state index contributed by atoms with van der Waals surface area (Å²) < 4.78 is 86.3. The van der Waals surface area contributed by atoms with E-state index in [1.807, 2.05) is 0 Å². The smallest absolute Gasteiger partial charge is 0.416 e. The van der Waals surface area contributed by atoms with Crippen molar-refractivity contribution in [3.05, 3.63) is 96.3 Å². The molecule has 0 aliphatic heterocycles. The van der Waals surface area contributed by atoms with Gasteiger partial charge in [0.05, 0.1) is 21.9 Å². The first kappa shape index (κ1) is 27.8. The van der Waals surface area contributed by atoms with Crippen molar-refractivity contribution in [2.75, 3.05) is 11.1 Å². The first-order valence-electron chi connectivity index (χ1n) is 11.8. The Morgan fingerprint density at radius 2 is 1.51 bits per heavy atom. The fourth-order valence-corrected chi connectivity index (χ4v) is 4.84. The largest absolute Gasteiger partial charge is 0.454 e. The lowest BCUT2D eigenvalue weighted by atomic mass is 9.95. The van der Waals surface area contributed by atoms with Crippen LogP contribution in [0.4, 0.5) is 23.2 Å². The molecule has 39 heavy (non-hydrogen) atoms. The predicted molar refractivity (Wildman–Crippen MR) is 141 cm³/mol. The van der Waals surface area contributed by atoms with Gasteiger partial charge in [-0.1, -0.05) is 55.5 Å². The molecule has 0 aromatic heterocycles. The van der Waals surface area contributed by atoms with Gasteiger partial charge in [0.15, 0.2) is 21.4 Å². The number of amides is 1. The van der Waals surface area contributed by atoms with Gasteiger partial charge in [-0.2, -0.15) is 13.2 Å². The normalized spacial score (nSPS) is 11.7. The van der Waals surface area contributed by atoms with Gasteiger partial charge < -0.3 is 10.1 Å². The van der Waals surface area contributed by atoms with Crippen LogP contribution in [0, 0.1) is 5.82 Å². The first-order valence-corrected chi connectivity index (χ1v) is 13.4. The van der Waals surface area contributed by atoms with Crippen LogP contribution in [0.15, 0.2) is 89.8 Å². The van der Waals surface area contributed by atoms with E-state index in [1.165, 1.54) is 50.2 Å². The minimum atomic E-state index is -4.64. The molecule has 4 aromatic rings. The van der Waals surface area contributed by atoms with E-state index < -0.39 is 39.1 Å². The van der Waals surface area contributed by atoms with Crippen LogP contribution >= 0.6 is 0 Å². The number of nitrogens with one attached hydrogen (secondary N) is 1. The Morgan fingerprint density at radius 3 is 2.10 bits per heavy atom. The number of hydrogen-bond donors (Lipinski definition) is 1. The van der Waals surface area contributed by atoms with Gasteiger partial charge >= 0.3 is 6.18 Å². The summed E-state index contributed by atoms with van der Waals surface area (Å²) in [6, 6.07) is 19.8. The lowest BCUT2D eigenvalue weighted by Gasteiger charge is -2.20. The van der Waals surface area contributed by atoms with E-state index in [2.05, 4.69) is 5.32 Å². The molecule has 0 bridgehead atoms. The van der Waals surface area contributed by atoms with Crippen LogP contribution in [0.25, 0.3) is 22.3 Å². The molecule has 0 unspecified atom stereocenters. The highest BCUT2D eigenvalue weighted by Crippen LogP contribution is 2.45. The highest BCUT2D eigenvalue weighted by Gasteiger charge is 2.31. The summed E-state index contributed by atoms with van der Waals surface area (Å²) in [4.78, 5) is 12.1. The lowest BCUT2D eigenvalue weighted by Crippen LogP contribution is -2.10. The Bertz CT molecular complexity index is 1620. The van der Waals surface area contributed by atoms with Gasteiger partial charge in [-0.15, -0.1) is 0 Å². The van der Waals surface area contributed by atoms with E-state index in [9.17, 15) is 26.4 Å². The topological polar surface area (TPSA) is 72.5 Å². The van der Waals surface area contributed by atoms with Crippen LogP contribution in [0.5, 0.6) is 11.5 Å². The van der Waals surface area contributed by atoms with Crippen LogP contribution < -0.4 is 10.1 Å². The van der Waals surface area contributed by atoms with Crippen LogP contribution in [-0.2, 0) is 20.8 Å². The molecular weight excluding hydrogens is 534 g/mol. The zero-order valence-electron chi connectivity index (χ0n) is 20.8. The van der Waals surface area contributed by atoms with Crippen molar-refractivity contribution in [1.29, 1.82) is 0 Å². The van der Waals surface area contributed by atoms with E-state index in [4.69, 9.17) is 4.74 Å². The summed E-state index contributed by atoms with van der Waals surface area (Å²) in [7, 11) is -3.48. The lowest BCUT2D eigenvalue weighted by molar-refractivity contribution is -0.137. The van der Waals surface area contributed by atoms with E-state index in [-0.39, 0.29) is 33.2 Å². The van der Waals surface area contributed by atoms with E-state index in [0.29, 0.717) is 11.1 Å². The molecule has 0 radical (unpaired) electrons. The Kier molecular flexibility index (Phi) is 7.78. The second kappa shape index (κ2) is 10.9. The predicted octanol–water partition coefficient (Wildman–Crippen LogP) is 7.72. The number of ether oxygens (including phenoxy) is 1. The highest BCUT2D eigenvalue weighted by molar-refractivity contribution is 7.91. The summed E-state index contributed by atoms with van der Waals surface area (Å²) in [6.07, 6.45) is -4.64. The van der Waals surface area contributed by atoms with Crippen LogP contribution in [-0.4, -0.2) is 20.1 Å². The van der Waals surface area contributed by atoms with Crippen LogP contribution in [0.3, 0.4) is 0 Å². The van der Waals surface area contributed by atoms with Gasteiger partial charge in [0, 0.05) is 18.1 Å². The van der Waals surface area contributed by atoms with Crippen LogP contribution in [0.1, 0.15) is 19.4 Å². The quantitative estimate of drug-likeness (QED) is 0.236. The molecule has 1 N–H and O–H groups in total. The van der Waals surface area contributed by atoms with Crippen molar-refractivity contribution in [1.82, 2.24) is 0 Å². The second-order valence-corrected chi connectivity index (χ2v) is 10.9. The molecule has 0 aliphatic rings. The highest BCUT2D eigenvalue weighted by atomic mass is 32.2. The number of carbonyl (C=O) groups excluding carboxylic acids is 1. The number of alkyl halides is 3. The molecule has 10 heteroatoms. The third kappa shape index (κ3) is 6.12. The summed E-state index contributed by atoms with van der Waals surface area (Å²) in [5, 5.41) is 2.44. The average molecular weight is 558 g/mol. The van der Waals surface area contributed by atoms with Gasteiger partial charge in [-0.25, -0.2) is 12.8 Å². The average Bonchev–Trinajstić information content (AvgIpc) is 2.91. The zero-order chi connectivity index (χ0) is 28.4. The Labute approximate surface area is 223 Å². The molecule has 4 aromatic carbocycles. The van der Waals surface area contributed by atoms with Crippen LogP contribution in [0.2, 0.25) is 0 Å². The van der Waals surface area contributed by atoms with Crippen molar-refractivity contribution >= 4 is 21.4 Å². The van der Waals surface area contributed by atoms with Gasteiger partial charge in [0.25, 0.3) is 0 Å². The number of sulfone groups is 1. The maximum atomic E-state index is 16.2. The molecule has 0 spiro atoms. The molecule has 0 aliphatic carbocycles. The minimum Gasteiger partial charge on any atom is -0.454 e. The van der Waals surface area contributed by atoms with Crippen molar-refractivity contribution in [2.45, 2.75) is 24.9 Å². The van der Waals surface area contributed by atoms with Gasteiger partial charge in [-0.3, -0.25) is 4.79 Å². The SMILES string of the molecule is CCS(=O)(=O)c1ccc(-c2cc(-c3ccccc3)c(Oc3cccc(C(F)(F)F)c3)c(F)c2NC(C)=O)cc1. The van der Waals surface area contributed by atoms with Gasteiger partial charge in [-0.05, 0) is 47.5 Å². The molecule has 0 atom stereocenters. The summed E-state index contributed by atoms with van der Waals surface area (Å²) in [5.41, 5.74) is 0.0886. The Hall–Kier alpha value is -4.18. The number of anilines is 1. The summed E-state index contributed by atoms with van der Waals surface area (Å²) in [5.74, 6) is -2.35. The maximum absolute atomic E-state index is 16.2. The third-order valence-electron chi connectivity index (χ3n) is 5.89. The molecular formula is C29H23F4NO4S. The monoisotopic (exact) mass is 557 g/mol. The maximum Gasteiger partial charge on any atom is 0.416 e. The number of benzene rings is 4. The number of hydrogen-bond acceptors (Lipinski definition) is 4. The number of halogens is 4. The minimum absolute atomic E-state index is 0.0862. The number of rotatable bonds is 7. The third-order valence-corrected chi connectivity index (χ3v) is 7.64. The van der Waals surface area contributed by atoms with Gasteiger partial charge in [0.2, 0.25) is 5.91 Å². The molecule has 1 amide bonds. The van der Waals surface area contributed by atoms with Crippen molar-refractivity contribution < 1.29 is 35.5 Å². The standard InChI is InChI=1S/C29H23F4NO4S/c1-3-39(36,37)23-14-12-20(13-15-23)24-17-25(19-8-5-4-6-9-19)28(26(30)27(24)34-18(2)35)38-22-11-7-10-21(16-22)29(31,32)33/h4-17H,3H2,1-2H3,(H,34,35). The molecule has 0 saturated heterocycles. The zero-order valence-corrected chi connectivity index (χ0v) is 21.7. The van der Waals surface area contributed by atoms with Crippen molar-refractivity contribution in [3.63, 3.8) is 0 Å². The molecule has 0 fully saturated rings. The summed E-state index contributed by atoms with van der Waals surface area (Å²) >= 11 is 0. The molecule has 5 nitrogen and oxygen atoms in total. The molecule has 4 rings (SSSR count). The fourth-order valence-electron chi connectivity index (χ4n) is 3.95. The first-order chi connectivity index (χ1) is 18.4. The van der Waals surface area contributed by atoms with Crippen molar-refractivity contribution in [2.24, 2.45) is 0 Å². The molecule has 202 valence electrons.